The number of hydrogen-bond donors (Lipinski definition) is 0. The standard InChI is InChI=1S/C21H24F2N4O3S/c1-14(2)20-21(31(28,29)30-18-10-16(22)9-17(23)11-18)27(19(25-20)13-26(3)4)12-15-5-7-24-8-6-15/h5-11,14H,12-13H2,1-4H3. The van der Waals surface area contributed by atoms with Gasteiger partial charge in [0.1, 0.15) is 23.2 Å². The highest BCUT2D eigenvalue weighted by Gasteiger charge is 2.31. The van der Waals surface area contributed by atoms with E-state index in [2.05, 4.69) is 9.97 Å². The Balaban J connectivity index is 2.16. The van der Waals surface area contributed by atoms with Crippen molar-refractivity contribution in [3.63, 3.8) is 0 Å². The molecule has 10 heteroatoms. The molecule has 2 aromatic heterocycles. The molecule has 0 atom stereocenters. The van der Waals surface area contributed by atoms with Crippen molar-refractivity contribution in [1.29, 1.82) is 0 Å². The van der Waals surface area contributed by atoms with Crippen LogP contribution in [0, 0.1) is 11.6 Å². The Hall–Kier alpha value is -2.85. The van der Waals surface area contributed by atoms with Crippen LogP contribution in [0.3, 0.4) is 0 Å². The van der Waals surface area contributed by atoms with E-state index in [1.807, 2.05) is 32.8 Å². The van der Waals surface area contributed by atoms with Crippen molar-refractivity contribution in [2.45, 2.75) is 37.9 Å². The second kappa shape index (κ2) is 9.11. The third kappa shape index (κ3) is 5.45. The number of halogens is 2. The summed E-state index contributed by atoms with van der Waals surface area (Å²) in [5, 5.41) is -0.138. The van der Waals surface area contributed by atoms with Crippen LogP contribution in [0.5, 0.6) is 5.75 Å². The fourth-order valence-electron chi connectivity index (χ4n) is 3.12. The molecule has 166 valence electrons. The van der Waals surface area contributed by atoms with Gasteiger partial charge in [-0.25, -0.2) is 13.8 Å². The number of rotatable bonds is 8. The first-order valence-corrected chi connectivity index (χ1v) is 11.0. The maximum Gasteiger partial charge on any atom is 0.357 e. The van der Waals surface area contributed by atoms with E-state index in [0.717, 1.165) is 17.7 Å². The van der Waals surface area contributed by atoms with E-state index >= 15 is 0 Å². The lowest BCUT2D eigenvalue weighted by molar-refractivity contribution is 0.378. The van der Waals surface area contributed by atoms with Gasteiger partial charge in [-0.3, -0.25) is 4.98 Å². The lowest BCUT2D eigenvalue weighted by Crippen LogP contribution is -2.21. The van der Waals surface area contributed by atoms with Crippen LogP contribution >= 0.6 is 0 Å². The maximum atomic E-state index is 13.6. The Bertz CT molecular complexity index is 1140. The molecule has 0 aliphatic heterocycles. The first-order chi connectivity index (χ1) is 14.6. The molecule has 0 saturated carbocycles. The van der Waals surface area contributed by atoms with Crippen LogP contribution in [0.2, 0.25) is 0 Å². The second-order valence-corrected chi connectivity index (χ2v) is 9.16. The highest BCUT2D eigenvalue weighted by Crippen LogP contribution is 2.29. The Morgan fingerprint density at radius 1 is 1.10 bits per heavy atom. The monoisotopic (exact) mass is 450 g/mol. The van der Waals surface area contributed by atoms with Crippen molar-refractivity contribution in [3.05, 3.63) is 71.4 Å². The molecule has 0 fully saturated rings. The van der Waals surface area contributed by atoms with E-state index in [4.69, 9.17) is 4.18 Å². The van der Waals surface area contributed by atoms with E-state index in [1.54, 1.807) is 29.1 Å². The van der Waals surface area contributed by atoms with Gasteiger partial charge in [-0.1, -0.05) is 13.8 Å². The van der Waals surface area contributed by atoms with Gasteiger partial charge >= 0.3 is 10.1 Å². The van der Waals surface area contributed by atoms with Crippen molar-refractivity contribution >= 4 is 10.1 Å². The minimum absolute atomic E-state index is 0.138. The molecule has 2 heterocycles. The molecule has 3 rings (SSSR count). The van der Waals surface area contributed by atoms with Crippen molar-refractivity contribution < 1.29 is 21.4 Å². The largest absolute Gasteiger partial charge is 0.378 e. The van der Waals surface area contributed by atoms with Crippen LogP contribution in [0.15, 0.2) is 47.8 Å². The summed E-state index contributed by atoms with van der Waals surface area (Å²) >= 11 is 0. The number of aromatic nitrogens is 3. The van der Waals surface area contributed by atoms with E-state index in [1.165, 1.54) is 0 Å². The second-order valence-electron chi connectivity index (χ2n) is 7.70. The summed E-state index contributed by atoms with van der Waals surface area (Å²) in [7, 11) is -0.759. The molecule has 0 bridgehead atoms. The Morgan fingerprint density at radius 3 is 2.26 bits per heavy atom. The van der Waals surface area contributed by atoms with Gasteiger partial charge in [0.2, 0.25) is 0 Å². The molecule has 0 radical (unpaired) electrons. The van der Waals surface area contributed by atoms with Gasteiger partial charge in [0.15, 0.2) is 5.03 Å². The van der Waals surface area contributed by atoms with Crippen LogP contribution in [-0.2, 0) is 23.2 Å². The van der Waals surface area contributed by atoms with Gasteiger partial charge in [0.05, 0.1) is 18.8 Å². The molecular weight excluding hydrogens is 426 g/mol. The average molecular weight is 451 g/mol. The smallest absolute Gasteiger partial charge is 0.357 e. The highest BCUT2D eigenvalue weighted by atomic mass is 32.2. The van der Waals surface area contributed by atoms with Gasteiger partial charge in [-0.05, 0) is 37.7 Å². The topological polar surface area (TPSA) is 77.3 Å². The van der Waals surface area contributed by atoms with Gasteiger partial charge in [0, 0.05) is 30.6 Å². The SMILES string of the molecule is CC(C)c1nc(CN(C)C)n(Cc2ccncc2)c1S(=O)(=O)Oc1cc(F)cc(F)c1. The minimum atomic E-state index is -4.46. The Kier molecular flexibility index (Phi) is 6.71. The number of imidazole rings is 1. The van der Waals surface area contributed by atoms with Crippen molar-refractivity contribution in [2.24, 2.45) is 0 Å². The molecule has 0 unspecified atom stereocenters. The first kappa shape index (κ1) is 22.8. The predicted octanol–water partition coefficient (Wildman–Crippen LogP) is 3.56. The summed E-state index contributed by atoms with van der Waals surface area (Å²) in [6.07, 6.45) is 3.23. The van der Waals surface area contributed by atoms with Gasteiger partial charge < -0.3 is 13.7 Å². The maximum absolute atomic E-state index is 13.6. The van der Waals surface area contributed by atoms with Crippen LogP contribution in [0.4, 0.5) is 8.78 Å². The zero-order valence-corrected chi connectivity index (χ0v) is 18.5. The van der Waals surface area contributed by atoms with Gasteiger partial charge in [0.25, 0.3) is 0 Å². The minimum Gasteiger partial charge on any atom is -0.378 e. The quantitative estimate of drug-likeness (QED) is 0.489. The van der Waals surface area contributed by atoms with Crippen molar-refractivity contribution in [1.82, 2.24) is 19.4 Å². The van der Waals surface area contributed by atoms with E-state index in [-0.39, 0.29) is 17.5 Å². The molecule has 0 amide bonds. The molecule has 0 aliphatic carbocycles. The van der Waals surface area contributed by atoms with Crippen molar-refractivity contribution in [2.75, 3.05) is 14.1 Å². The van der Waals surface area contributed by atoms with Crippen molar-refractivity contribution in [3.8, 4) is 5.75 Å². The summed E-state index contributed by atoms with van der Waals surface area (Å²) in [6.45, 7) is 4.23. The van der Waals surface area contributed by atoms with Gasteiger partial charge in [-0.15, -0.1) is 0 Å². The third-order valence-corrected chi connectivity index (χ3v) is 5.71. The molecule has 0 saturated heterocycles. The zero-order chi connectivity index (χ0) is 22.8. The molecule has 0 aliphatic rings. The van der Waals surface area contributed by atoms with Crippen LogP contribution < -0.4 is 4.18 Å². The fourth-order valence-corrected chi connectivity index (χ4v) is 4.53. The summed E-state index contributed by atoms with van der Waals surface area (Å²) in [5.41, 5.74) is 1.14. The Morgan fingerprint density at radius 2 is 1.71 bits per heavy atom. The summed E-state index contributed by atoms with van der Waals surface area (Å²) in [4.78, 5) is 10.4. The van der Waals surface area contributed by atoms with Gasteiger partial charge in [-0.2, -0.15) is 8.42 Å². The van der Waals surface area contributed by atoms with Crippen LogP contribution in [0.25, 0.3) is 0 Å². The molecule has 7 nitrogen and oxygen atoms in total. The predicted molar refractivity (Wildman–Crippen MR) is 111 cm³/mol. The fraction of sp³-hybridized carbons (Fsp3) is 0.333. The molecule has 0 N–H and O–H groups in total. The van der Waals surface area contributed by atoms with E-state index in [0.29, 0.717) is 24.1 Å². The van der Waals surface area contributed by atoms with E-state index in [9.17, 15) is 17.2 Å². The molecule has 31 heavy (non-hydrogen) atoms. The van der Waals surface area contributed by atoms with Crippen LogP contribution in [0.1, 0.15) is 36.8 Å². The first-order valence-electron chi connectivity index (χ1n) is 9.60. The molecule has 1 aromatic carbocycles. The normalized spacial score (nSPS) is 12.0. The highest BCUT2D eigenvalue weighted by molar-refractivity contribution is 7.87. The lowest BCUT2D eigenvalue weighted by atomic mass is 10.1. The van der Waals surface area contributed by atoms with E-state index < -0.39 is 27.5 Å². The number of pyridine rings is 1. The third-order valence-electron chi connectivity index (χ3n) is 4.40. The average Bonchev–Trinajstić information content (AvgIpc) is 3.00. The number of nitrogens with zero attached hydrogens (tertiary/aromatic N) is 4. The lowest BCUT2D eigenvalue weighted by Gasteiger charge is -2.16. The van der Waals surface area contributed by atoms with Crippen LogP contribution in [-0.4, -0.2) is 41.9 Å². The number of benzene rings is 1. The molecular formula is C21H24F2N4O3S. The summed E-state index contributed by atoms with van der Waals surface area (Å²) in [6, 6.07) is 5.82. The number of hydrogen-bond acceptors (Lipinski definition) is 6. The Labute approximate surface area is 180 Å². The summed E-state index contributed by atoms with van der Waals surface area (Å²) < 4.78 is 60.5. The zero-order valence-electron chi connectivity index (χ0n) is 17.7. The molecule has 3 aromatic rings. The molecule has 0 spiro atoms. The summed E-state index contributed by atoms with van der Waals surface area (Å²) in [5.74, 6) is -2.03.